The van der Waals surface area contributed by atoms with Gasteiger partial charge < -0.3 is 15.5 Å². The Bertz CT molecular complexity index is 447. The van der Waals surface area contributed by atoms with Crippen molar-refractivity contribution in [3.05, 3.63) is 24.0 Å². The average Bonchev–Trinajstić information content (AvgIpc) is 2.74. The second-order valence-electron chi connectivity index (χ2n) is 5.44. The largest absolute Gasteiger partial charge is 0.376 e. The van der Waals surface area contributed by atoms with Gasteiger partial charge in [0.15, 0.2) is 5.96 Å². The number of rotatable bonds is 3. The molecule has 0 aromatic carbocycles. The van der Waals surface area contributed by atoms with Crippen molar-refractivity contribution in [3.63, 3.8) is 0 Å². The third-order valence-corrected chi connectivity index (χ3v) is 3.67. The molecule has 1 aromatic heterocycles. The van der Waals surface area contributed by atoms with Crippen LogP contribution in [-0.4, -0.2) is 43.0 Å². The van der Waals surface area contributed by atoms with Gasteiger partial charge in [0, 0.05) is 33.4 Å². The fourth-order valence-electron chi connectivity index (χ4n) is 2.51. The molecular formula is C15H25N5. The van der Waals surface area contributed by atoms with Gasteiger partial charge in [0.05, 0.1) is 17.9 Å². The van der Waals surface area contributed by atoms with Crippen molar-refractivity contribution < 1.29 is 0 Å². The van der Waals surface area contributed by atoms with Gasteiger partial charge in [-0.25, -0.2) is 4.99 Å². The average molecular weight is 275 g/mol. The van der Waals surface area contributed by atoms with E-state index in [1.807, 2.05) is 20.2 Å². The Labute approximate surface area is 121 Å². The minimum Gasteiger partial charge on any atom is -0.376 e. The minimum atomic E-state index is 0.538. The molecular weight excluding hydrogens is 250 g/mol. The van der Waals surface area contributed by atoms with Crippen LogP contribution >= 0.6 is 0 Å². The van der Waals surface area contributed by atoms with Gasteiger partial charge in [-0.3, -0.25) is 4.98 Å². The molecule has 0 bridgehead atoms. The van der Waals surface area contributed by atoms with Gasteiger partial charge in [0.2, 0.25) is 0 Å². The molecule has 20 heavy (non-hydrogen) atoms. The third-order valence-electron chi connectivity index (χ3n) is 3.67. The van der Waals surface area contributed by atoms with E-state index in [1.165, 1.54) is 25.7 Å². The van der Waals surface area contributed by atoms with Crippen LogP contribution in [-0.2, 0) is 6.54 Å². The zero-order valence-electron chi connectivity index (χ0n) is 12.5. The lowest BCUT2D eigenvalue weighted by Crippen LogP contribution is -2.38. The molecule has 1 fully saturated rings. The summed E-state index contributed by atoms with van der Waals surface area (Å²) in [5.41, 5.74) is 8.19. The van der Waals surface area contributed by atoms with Gasteiger partial charge in [0.25, 0.3) is 0 Å². The Balaban J connectivity index is 2.04. The van der Waals surface area contributed by atoms with Gasteiger partial charge in [-0.05, 0) is 25.0 Å². The summed E-state index contributed by atoms with van der Waals surface area (Å²) in [4.78, 5) is 13.2. The predicted molar refractivity (Wildman–Crippen MR) is 83.9 cm³/mol. The molecule has 1 aromatic rings. The lowest BCUT2D eigenvalue weighted by Gasteiger charge is -2.21. The first-order valence-electron chi connectivity index (χ1n) is 7.34. The van der Waals surface area contributed by atoms with Crippen LogP contribution in [0.25, 0.3) is 0 Å². The topological polar surface area (TPSA) is 57.8 Å². The lowest BCUT2D eigenvalue weighted by atomic mass is 10.2. The van der Waals surface area contributed by atoms with Crippen LogP contribution in [0.3, 0.4) is 0 Å². The summed E-state index contributed by atoms with van der Waals surface area (Å²) in [5, 5.41) is 0. The van der Waals surface area contributed by atoms with Crippen LogP contribution in [0.2, 0.25) is 0 Å². The lowest BCUT2D eigenvalue weighted by molar-refractivity contribution is 0.428. The highest BCUT2D eigenvalue weighted by Crippen LogP contribution is 2.16. The summed E-state index contributed by atoms with van der Waals surface area (Å²) in [6.07, 6.45) is 6.83. The molecule has 2 heterocycles. The summed E-state index contributed by atoms with van der Waals surface area (Å²) < 4.78 is 0. The molecule has 5 nitrogen and oxygen atoms in total. The Kier molecular flexibility index (Phi) is 5.21. The molecule has 0 amide bonds. The number of aromatic nitrogens is 1. The molecule has 2 rings (SSSR count). The number of nitrogens with two attached hydrogens (primary N) is 1. The highest BCUT2D eigenvalue weighted by Gasteiger charge is 2.11. The molecule has 1 aliphatic heterocycles. The first-order valence-corrected chi connectivity index (χ1v) is 7.34. The molecule has 0 saturated carbocycles. The molecule has 2 N–H and O–H groups in total. The smallest absolute Gasteiger partial charge is 0.191 e. The summed E-state index contributed by atoms with van der Waals surface area (Å²) in [5.74, 6) is 0.655. The zero-order chi connectivity index (χ0) is 14.4. The van der Waals surface area contributed by atoms with Crippen molar-refractivity contribution in [1.29, 1.82) is 0 Å². The number of anilines is 1. The normalized spacial score (nSPS) is 16.9. The van der Waals surface area contributed by atoms with Crippen molar-refractivity contribution >= 4 is 11.6 Å². The van der Waals surface area contributed by atoms with Crippen molar-refractivity contribution in [3.8, 4) is 0 Å². The number of pyridine rings is 1. The van der Waals surface area contributed by atoms with Crippen LogP contribution < -0.4 is 10.6 Å². The second-order valence-corrected chi connectivity index (χ2v) is 5.44. The minimum absolute atomic E-state index is 0.538. The predicted octanol–water partition coefficient (Wildman–Crippen LogP) is 1.84. The number of likely N-dealkylation sites (tertiary alicyclic amines) is 1. The van der Waals surface area contributed by atoms with E-state index in [9.17, 15) is 0 Å². The quantitative estimate of drug-likeness (QED) is 0.675. The van der Waals surface area contributed by atoms with Crippen LogP contribution in [0.1, 0.15) is 31.4 Å². The van der Waals surface area contributed by atoms with Crippen LogP contribution in [0, 0.1) is 0 Å². The van der Waals surface area contributed by atoms with E-state index < -0.39 is 0 Å². The van der Waals surface area contributed by atoms with Crippen molar-refractivity contribution in [2.75, 3.05) is 32.1 Å². The van der Waals surface area contributed by atoms with E-state index in [1.54, 1.807) is 6.20 Å². The molecule has 0 radical (unpaired) electrons. The molecule has 1 saturated heterocycles. The Morgan fingerprint density at radius 2 is 2.00 bits per heavy atom. The Morgan fingerprint density at radius 3 is 2.65 bits per heavy atom. The summed E-state index contributed by atoms with van der Waals surface area (Å²) >= 11 is 0. The first kappa shape index (κ1) is 14.6. The summed E-state index contributed by atoms with van der Waals surface area (Å²) in [6, 6.07) is 4.00. The third kappa shape index (κ3) is 3.85. The molecule has 5 heteroatoms. The Hall–Kier alpha value is -1.78. The maximum Gasteiger partial charge on any atom is 0.191 e. The zero-order valence-corrected chi connectivity index (χ0v) is 12.5. The second kappa shape index (κ2) is 7.12. The van der Waals surface area contributed by atoms with E-state index in [0.29, 0.717) is 12.5 Å². The Morgan fingerprint density at radius 1 is 1.30 bits per heavy atom. The number of hydrogen-bond acceptors (Lipinski definition) is 3. The number of aliphatic imine (C=N–C) groups is 1. The van der Waals surface area contributed by atoms with E-state index in [4.69, 9.17) is 5.73 Å². The van der Waals surface area contributed by atoms with Gasteiger partial charge in [-0.2, -0.15) is 0 Å². The van der Waals surface area contributed by atoms with E-state index in [-0.39, 0.29) is 0 Å². The number of nitrogens with zero attached hydrogens (tertiary/aromatic N) is 4. The molecule has 0 aliphatic carbocycles. The van der Waals surface area contributed by atoms with E-state index in [2.05, 4.69) is 25.8 Å². The SMILES string of the molecule is CN(C)c1cccnc1CN=C(N)N1CCCCCC1. The number of hydrogen-bond donors (Lipinski definition) is 1. The molecule has 110 valence electrons. The van der Waals surface area contributed by atoms with Crippen LogP contribution in [0.4, 0.5) is 5.69 Å². The summed E-state index contributed by atoms with van der Waals surface area (Å²) in [6.45, 7) is 2.59. The van der Waals surface area contributed by atoms with Crippen LogP contribution in [0.5, 0.6) is 0 Å². The van der Waals surface area contributed by atoms with Crippen molar-refractivity contribution in [2.24, 2.45) is 10.7 Å². The van der Waals surface area contributed by atoms with Gasteiger partial charge >= 0.3 is 0 Å². The highest BCUT2D eigenvalue weighted by molar-refractivity contribution is 5.78. The first-order chi connectivity index (χ1) is 9.68. The molecule has 0 atom stereocenters. The van der Waals surface area contributed by atoms with Crippen molar-refractivity contribution in [1.82, 2.24) is 9.88 Å². The maximum absolute atomic E-state index is 6.13. The molecule has 0 unspecified atom stereocenters. The van der Waals surface area contributed by atoms with E-state index >= 15 is 0 Å². The fourth-order valence-corrected chi connectivity index (χ4v) is 2.51. The monoisotopic (exact) mass is 275 g/mol. The molecule has 1 aliphatic rings. The van der Waals surface area contributed by atoms with Crippen molar-refractivity contribution in [2.45, 2.75) is 32.2 Å². The fraction of sp³-hybridized carbons (Fsp3) is 0.600. The van der Waals surface area contributed by atoms with E-state index in [0.717, 1.165) is 24.5 Å². The molecule has 0 spiro atoms. The van der Waals surface area contributed by atoms with Gasteiger partial charge in [0.1, 0.15) is 0 Å². The number of guanidine groups is 1. The van der Waals surface area contributed by atoms with Crippen LogP contribution in [0.15, 0.2) is 23.3 Å². The van der Waals surface area contributed by atoms with Gasteiger partial charge in [-0.15, -0.1) is 0 Å². The van der Waals surface area contributed by atoms with Gasteiger partial charge in [-0.1, -0.05) is 12.8 Å². The maximum atomic E-state index is 6.13. The summed E-state index contributed by atoms with van der Waals surface area (Å²) in [7, 11) is 4.03. The standard InChI is InChI=1S/C15H25N5/c1-19(2)14-8-7-9-17-13(14)12-18-15(16)20-10-5-3-4-6-11-20/h7-9H,3-6,10-12H2,1-2H3,(H2,16,18). The highest BCUT2D eigenvalue weighted by atomic mass is 15.2.